The highest BCUT2D eigenvalue weighted by molar-refractivity contribution is 4.67. The van der Waals surface area contributed by atoms with E-state index in [0.717, 1.165) is 36.6 Å². The first-order valence-corrected chi connectivity index (χ1v) is 6.29. The van der Waals surface area contributed by atoms with Gasteiger partial charge >= 0.3 is 0 Å². The van der Waals surface area contributed by atoms with Crippen molar-refractivity contribution in [2.45, 2.75) is 40.0 Å². The lowest BCUT2D eigenvalue weighted by Gasteiger charge is -2.03. The van der Waals surface area contributed by atoms with Crippen LogP contribution in [0.4, 0.5) is 0 Å². The van der Waals surface area contributed by atoms with Crippen molar-refractivity contribution < 1.29 is 4.76 Å². The highest BCUT2D eigenvalue weighted by Crippen LogP contribution is 2.11. The minimum atomic E-state index is 0.764. The summed E-state index contributed by atoms with van der Waals surface area (Å²) < 4.78 is 1.11. The zero-order chi connectivity index (χ0) is 11.7. The molecule has 0 aromatic heterocycles. The van der Waals surface area contributed by atoms with Gasteiger partial charge in [-0.2, -0.15) is 0 Å². The van der Waals surface area contributed by atoms with Crippen molar-refractivity contribution >= 4 is 0 Å². The lowest BCUT2D eigenvalue weighted by atomic mass is 10.2. The van der Waals surface area contributed by atoms with E-state index < -0.39 is 0 Å². The zero-order valence-electron chi connectivity index (χ0n) is 10.8. The van der Waals surface area contributed by atoms with E-state index in [0.29, 0.717) is 0 Å². The van der Waals surface area contributed by atoms with Crippen LogP contribution in [0.15, 0.2) is 0 Å². The first kappa shape index (κ1) is 14.6. The van der Waals surface area contributed by atoms with Crippen LogP contribution in [0.2, 0.25) is 0 Å². The second kappa shape index (κ2) is 8.84. The molecule has 3 heteroatoms. The minimum Gasteiger partial charge on any atom is -0.306 e. The third-order valence-electron chi connectivity index (χ3n) is 2.69. The molecule has 2 heterocycles. The number of rotatable bonds is 0. The van der Waals surface area contributed by atoms with Crippen molar-refractivity contribution in [3.63, 3.8) is 0 Å². The Labute approximate surface area is 94.4 Å². The van der Waals surface area contributed by atoms with Crippen molar-refractivity contribution in [2.24, 2.45) is 5.92 Å². The molecule has 1 atom stereocenters. The lowest BCUT2D eigenvalue weighted by Crippen LogP contribution is -2.12. The summed E-state index contributed by atoms with van der Waals surface area (Å²) in [6.45, 7) is 10.4. The van der Waals surface area contributed by atoms with Gasteiger partial charge in [-0.1, -0.05) is 20.8 Å². The summed E-state index contributed by atoms with van der Waals surface area (Å²) in [7, 11) is 2.18. The molecule has 0 aliphatic carbocycles. The quantitative estimate of drug-likeness (QED) is 0.580. The predicted molar refractivity (Wildman–Crippen MR) is 65.2 cm³/mol. The molecule has 0 aromatic rings. The lowest BCUT2D eigenvalue weighted by molar-refractivity contribution is -0.527. The van der Waals surface area contributed by atoms with Gasteiger partial charge in [0, 0.05) is 24.3 Å². The molecule has 90 valence electrons. The Morgan fingerprint density at radius 1 is 1.20 bits per heavy atom. The Morgan fingerprint density at radius 2 is 1.73 bits per heavy atom. The van der Waals surface area contributed by atoms with Gasteiger partial charge in [0.2, 0.25) is 0 Å². The van der Waals surface area contributed by atoms with Crippen molar-refractivity contribution in [1.82, 2.24) is 4.90 Å². The minimum absolute atomic E-state index is 0.764. The van der Waals surface area contributed by atoms with Gasteiger partial charge in [-0.05, 0) is 30.7 Å². The molecule has 2 aliphatic heterocycles. The molecule has 1 unspecified atom stereocenters. The topological polar surface area (TPSA) is 23.3 Å². The molecule has 0 bridgehead atoms. The van der Waals surface area contributed by atoms with E-state index in [-0.39, 0.29) is 0 Å². The predicted octanol–water partition coefficient (Wildman–Crippen LogP) is 2.54. The average molecular weight is 215 g/mol. The van der Waals surface area contributed by atoms with Gasteiger partial charge < -0.3 is 4.90 Å². The summed E-state index contributed by atoms with van der Waals surface area (Å²) in [4.78, 5) is 12.5. The van der Waals surface area contributed by atoms with Gasteiger partial charge in [-0.25, -0.2) is 0 Å². The van der Waals surface area contributed by atoms with Crippen LogP contribution in [-0.4, -0.2) is 42.9 Å². The second-order valence-corrected chi connectivity index (χ2v) is 4.29. The molecule has 2 rings (SSSR count). The number of likely N-dealkylation sites (tertiary alicyclic amines) is 1. The second-order valence-electron chi connectivity index (χ2n) is 4.29. The van der Waals surface area contributed by atoms with Crippen LogP contribution in [0.3, 0.4) is 0 Å². The zero-order valence-corrected chi connectivity index (χ0v) is 10.8. The molecule has 15 heavy (non-hydrogen) atoms. The van der Waals surface area contributed by atoms with E-state index in [2.05, 4.69) is 18.9 Å². The Bertz CT molecular complexity index is 155. The number of hydrogen-bond donors (Lipinski definition) is 0. The normalized spacial score (nSPS) is 25.3. The van der Waals surface area contributed by atoms with Crippen LogP contribution >= 0.6 is 0 Å². The number of nitrogens with zero attached hydrogens (tertiary/aromatic N) is 2. The van der Waals surface area contributed by atoms with Crippen molar-refractivity contribution in [3.05, 3.63) is 4.91 Å². The summed E-state index contributed by atoms with van der Waals surface area (Å²) in [6, 6.07) is 0. The fourth-order valence-corrected chi connectivity index (χ4v) is 1.84. The van der Waals surface area contributed by atoms with Gasteiger partial charge in [0.1, 0.15) is 0 Å². The molecule has 0 N–H and O–H groups in total. The summed E-state index contributed by atoms with van der Waals surface area (Å²) in [5.41, 5.74) is 0. The Hall–Kier alpha value is -0.440. The molecule has 0 amide bonds. The molecule has 0 radical (unpaired) electrons. The SMILES string of the molecule is CC.CC1CCN(C)C1.O=[N+]1CCCC1. The van der Waals surface area contributed by atoms with Crippen LogP contribution in [0.5, 0.6) is 0 Å². The maximum Gasteiger partial charge on any atom is 0.192 e. The standard InChI is InChI=1S/C6H13N.C4H8NO.C2H6/c1-6-3-4-7(2)5-6;6-5-3-1-2-4-5;1-2/h6H,3-5H2,1-2H3;1-4H2;1-2H3/q;+1;. The van der Waals surface area contributed by atoms with Crippen LogP contribution in [-0.2, 0) is 0 Å². The van der Waals surface area contributed by atoms with Gasteiger partial charge in [0.05, 0.1) is 0 Å². The van der Waals surface area contributed by atoms with Crippen LogP contribution in [0, 0.1) is 10.8 Å². The first-order chi connectivity index (χ1) is 7.18. The molecule has 2 aliphatic rings. The Kier molecular flexibility index (Phi) is 8.58. The van der Waals surface area contributed by atoms with Crippen molar-refractivity contribution in [3.8, 4) is 0 Å². The maximum absolute atomic E-state index is 10.2. The van der Waals surface area contributed by atoms with Gasteiger partial charge in [0.25, 0.3) is 0 Å². The fraction of sp³-hybridized carbons (Fsp3) is 1.00. The van der Waals surface area contributed by atoms with Gasteiger partial charge in [-0.15, -0.1) is 0 Å². The molecule has 3 nitrogen and oxygen atoms in total. The third-order valence-corrected chi connectivity index (χ3v) is 2.69. The molecule has 0 saturated carbocycles. The number of hydrogen-bond acceptors (Lipinski definition) is 2. The van der Waals surface area contributed by atoms with Gasteiger partial charge in [0.15, 0.2) is 13.1 Å². The highest BCUT2D eigenvalue weighted by Gasteiger charge is 2.14. The van der Waals surface area contributed by atoms with Crippen LogP contribution < -0.4 is 0 Å². The smallest absolute Gasteiger partial charge is 0.192 e. The van der Waals surface area contributed by atoms with Crippen molar-refractivity contribution in [2.75, 3.05) is 33.2 Å². The molecule has 2 saturated heterocycles. The Morgan fingerprint density at radius 3 is 1.87 bits per heavy atom. The summed E-state index contributed by atoms with van der Waals surface area (Å²) >= 11 is 0. The third kappa shape index (κ3) is 7.48. The van der Waals surface area contributed by atoms with E-state index in [1.807, 2.05) is 13.8 Å². The first-order valence-electron chi connectivity index (χ1n) is 6.29. The molecule has 0 aromatic carbocycles. The monoisotopic (exact) mass is 215 g/mol. The Balaban J connectivity index is 0.000000227. The van der Waals surface area contributed by atoms with E-state index in [1.54, 1.807) is 0 Å². The van der Waals surface area contributed by atoms with Crippen LogP contribution in [0.1, 0.15) is 40.0 Å². The molecular weight excluding hydrogens is 188 g/mol. The van der Waals surface area contributed by atoms with E-state index >= 15 is 0 Å². The summed E-state index contributed by atoms with van der Waals surface area (Å²) in [5, 5.41) is 0. The highest BCUT2D eigenvalue weighted by atomic mass is 16.3. The summed E-state index contributed by atoms with van der Waals surface area (Å²) in [6.07, 6.45) is 3.60. The van der Waals surface area contributed by atoms with E-state index in [1.165, 1.54) is 19.5 Å². The maximum atomic E-state index is 10.2. The van der Waals surface area contributed by atoms with Crippen molar-refractivity contribution in [1.29, 1.82) is 0 Å². The summed E-state index contributed by atoms with van der Waals surface area (Å²) in [5.74, 6) is 0.949. The average Bonchev–Trinajstić information content (AvgIpc) is 2.82. The molecule has 2 fully saturated rings. The molecule has 0 spiro atoms. The fourth-order valence-electron chi connectivity index (χ4n) is 1.84. The van der Waals surface area contributed by atoms with E-state index in [4.69, 9.17) is 0 Å². The number of nitroso groups, excluding NO2 is 1. The van der Waals surface area contributed by atoms with Gasteiger partial charge in [-0.3, -0.25) is 0 Å². The van der Waals surface area contributed by atoms with E-state index in [9.17, 15) is 4.91 Å². The van der Waals surface area contributed by atoms with Crippen LogP contribution in [0.25, 0.3) is 0 Å². The molecular formula is C12H27N2O+. The largest absolute Gasteiger partial charge is 0.306 e.